The number of halogens is 1. The van der Waals surface area contributed by atoms with Gasteiger partial charge < -0.3 is 9.84 Å². The van der Waals surface area contributed by atoms with E-state index in [2.05, 4.69) is 15.9 Å². The minimum absolute atomic E-state index is 0.0772. The maximum atomic E-state index is 9.05. The van der Waals surface area contributed by atoms with Crippen molar-refractivity contribution in [2.75, 3.05) is 6.61 Å². The quantitative estimate of drug-likeness (QED) is 0.819. The molecule has 70 valence electrons. The zero-order chi connectivity index (χ0) is 9.26. The van der Waals surface area contributed by atoms with E-state index in [0.29, 0.717) is 0 Å². The largest absolute Gasteiger partial charge is 0.493 e. The highest BCUT2D eigenvalue weighted by molar-refractivity contribution is 9.10. The van der Waals surface area contributed by atoms with E-state index in [9.17, 15) is 0 Å². The number of aliphatic hydroxyl groups excluding tert-OH is 1. The van der Waals surface area contributed by atoms with Gasteiger partial charge in [-0.1, -0.05) is 22.0 Å². The second-order valence-electron chi connectivity index (χ2n) is 3.13. The van der Waals surface area contributed by atoms with Crippen molar-refractivity contribution in [3.05, 3.63) is 27.7 Å². The summed E-state index contributed by atoms with van der Waals surface area (Å²) < 4.78 is 6.50. The lowest BCUT2D eigenvalue weighted by Gasteiger charge is -2.19. The van der Waals surface area contributed by atoms with Crippen LogP contribution in [-0.2, 0) is 13.0 Å². The number of hydrogen-bond donors (Lipinski definition) is 1. The fourth-order valence-electron chi connectivity index (χ4n) is 1.57. The Hall–Kier alpha value is -0.540. The molecule has 2 nitrogen and oxygen atoms in total. The average Bonchev–Trinajstić information content (AvgIpc) is 2.19. The molecule has 1 aromatic rings. The Morgan fingerprint density at radius 1 is 1.46 bits per heavy atom. The van der Waals surface area contributed by atoms with Gasteiger partial charge in [0, 0.05) is 10.0 Å². The fraction of sp³-hybridized carbons (Fsp3) is 0.400. The first-order valence-electron chi connectivity index (χ1n) is 4.37. The molecule has 0 fully saturated rings. The van der Waals surface area contributed by atoms with Gasteiger partial charge in [0.2, 0.25) is 0 Å². The van der Waals surface area contributed by atoms with Crippen LogP contribution in [0.3, 0.4) is 0 Å². The second-order valence-corrected chi connectivity index (χ2v) is 3.92. The molecule has 0 amide bonds. The molecule has 0 radical (unpaired) electrons. The Bertz CT molecular complexity index is 323. The van der Waals surface area contributed by atoms with Crippen LogP contribution in [0.25, 0.3) is 0 Å². The monoisotopic (exact) mass is 242 g/mol. The summed E-state index contributed by atoms with van der Waals surface area (Å²) >= 11 is 3.49. The highest BCUT2D eigenvalue weighted by atomic mass is 79.9. The van der Waals surface area contributed by atoms with Gasteiger partial charge in [-0.05, 0) is 24.5 Å². The molecule has 1 aliphatic heterocycles. The molecule has 0 aromatic heterocycles. The normalized spacial score (nSPS) is 14.9. The highest BCUT2D eigenvalue weighted by Crippen LogP contribution is 2.33. The standard InChI is InChI=1S/C10H11BrO2/c11-10-7(6-12)3-4-9-8(10)2-1-5-13-9/h3-4,12H,1-2,5-6H2. The van der Waals surface area contributed by atoms with Gasteiger partial charge in [0.1, 0.15) is 5.75 Å². The van der Waals surface area contributed by atoms with Crippen LogP contribution in [-0.4, -0.2) is 11.7 Å². The first kappa shape index (κ1) is 9.03. The third-order valence-electron chi connectivity index (χ3n) is 2.28. The molecular weight excluding hydrogens is 232 g/mol. The SMILES string of the molecule is OCc1ccc2c(c1Br)CCCO2. The number of rotatable bonds is 1. The Kier molecular flexibility index (Phi) is 2.56. The lowest BCUT2D eigenvalue weighted by atomic mass is 10.0. The fourth-order valence-corrected chi connectivity index (χ4v) is 2.22. The molecule has 0 unspecified atom stereocenters. The summed E-state index contributed by atoms with van der Waals surface area (Å²) in [6.45, 7) is 0.881. The summed E-state index contributed by atoms with van der Waals surface area (Å²) in [5.74, 6) is 0.954. The van der Waals surface area contributed by atoms with Crippen LogP contribution < -0.4 is 4.74 Å². The molecule has 0 aliphatic carbocycles. The summed E-state index contributed by atoms with van der Waals surface area (Å²) in [6, 6.07) is 3.83. The van der Waals surface area contributed by atoms with Crippen LogP contribution >= 0.6 is 15.9 Å². The number of benzene rings is 1. The van der Waals surface area contributed by atoms with Gasteiger partial charge in [-0.15, -0.1) is 0 Å². The molecule has 2 rings (SSSR count). The molecule has 0 bridgehead atoms. The summed E-state index contributed by atoms with van der Waals surface area (Å²) in [4.78, 5) is 0. The molecule has 1 aliphatic rings. The van der Waals surface area contributed by atoms with E-state index in [1.165, 1.54) is 5.56 Å². The minimum atomic E-state index is 0.0772. The molecule has 0 saturated heterocycles. The van der Waals surface area contributed by atoms with E-state index in [-0.39, 0.29) is 6.61 Å². The van der Waals surface area contributed by atoms with Crippen molar-refractivity contribution < 1.29 is 9.84 Å². The van der Waals surface area contributed by atoms with Crippen molar-refractivity contribution in [3.8, 4) is 5.75 Å². The minimum Gasteiger partial charge on any atom is -0.493 e. The predicted molar refractivity (Wildman–Crippen MR) is 53.9 cm³/mol. The summed E-state index contributed by atoms with van der Waals surface area (Å²) in [5.41, 5.74) is 2.13. The van der Waals surface area contributed by atoms with Crippen molar-refractivity contribution in [2.24, 2.45) is 0 Å². The van der Waals surface area contributed by atoms with Gasteiger partial charge in [0.15, 0.2) is 0 Å². The van der Waals surface area contributed by atoms with Crippen LogP contribution in [0.5, 0.6) is 5.75 Å². The highest BCUT2D eigenvalue weighted by Gasteiger charge is 2.15. The number of hydrogen-bond acceptors (Lipinski definition) is 2. The molecule has 1 aromatic carbocycles. The van der Waals surface area contributed by atoms with Crippen LogP contribution in [0, 0.1) is 0 Å². The zero-order valence-corrected chi connectivity index (χ0v) is 8.80. The van der Waals surface area contributed by atoms with Crippen LogP contribution in [0.15, 0.2) is 16.6 Å². The lowest BCUT2D eigenvalue weighted by molar-refractivity contribution is 0.275. The first-order valence-corrected chi connectivity index (χ1v) is 5.16. The van der Waals surface area contributed by atoms with Crippen molar-refractivity contribution >= 4 is 15.9 Å². The molecule has 0 atom stereocenters. The number of aliphatic hydroxyl groups is 1. The van der Waals surface area contributed by atoms with Gasteiger partial charge in [-0.2, -0.15) is 0 Å². The van der Waals surface area contributed by atoms with E-state index in [1.54, 1.807) is 0 Å². The molecule has 0 spiro atoms. The molecule has 3 heteroatoms. The summed E-state index contributed by atoms with van der Waals surface area (Å²) in [7, 11) is 0. The van der Waals surface area contributed by atoms with E-state index < -0.39 is 0 Å². The second kappa shape index (κ2) is 3.68. The van der Waals surface area contributed by atoms with Gasteiger partial charge in [-0.3, -0.25) is 0 Å². The predicted octanol–water partition coefficient (Wildman–Crippen LogP) is 2.27. The third-order valence-corrected chi connectivity index (χ3v) is 3.27. The van der Waals surface area contributed by atoms with E-state index in [4.69, 9.17) is 9.84 Å². The topological polar surface area (TPSA) is 29.5 Å². The smallest absolute Gasteiger partial charge is 0.123 e. The molecule has 13 heavy (non-hydrogen) atoms. The Labute approximate surface area is 85.7 Å². The Balaban J connectivity index is 2.48. The molecular formula is C10H11BrO2. The van der Waals surface area contributed by atoms with Crippen molar-refractivity contribution in [1.29, 1.82) is 0 Å². The van der Waals surface area contributed by atoms with Crippen molar-refractivity contribution in [2.45, 2.75) is 19.4 Å². The average molecular weight is 243 g/mol. The van der Waals surface area contributed by atoms with Gasteiger partial charge in [-0.25, -0.2) is 0 Å². The van der Waals surface area contributed by atoms with Crippen LogP contribution in [0.2, 0.25) is 0 Å². The Morgan fingerprint density at radius 3 is 3.08 bits per heavy atom. The van der Waals surface area contributed by atoms with Gasteiger partial charge in [0.05, 0.1) is 13.2 Å². The summed E-state index contributed by atoms with van der Waals surface area (Å²) in [6.07, 6.45) is 2.09. The molecule has 1 N–H and O–H groups in total. The molecule has 1 heterocycles. The Morgan fingerprint density at radius 2 is 2.31 bits per heavy atom. The van der Waals surface area contributed by atoms with E-state index in [1.807, 2.05) is 12.1 Å². The zero-order valence-electron chi connectivity index (χ0n) is 7.22. The third kappa shape index (κ3) is 1.58. The number of fused-ring (bicyclic) bond motifs is 1. The first-order chi connectivity index (χ1) is 6.33. The maximum absolute atomic E-state index is 9.05. The number of ether oxygens (including phenoxy) is 1. The van der Waals surface area contributed by atoms with Crippen molar-refractivity contribution in [1.82, 2.24) is 0 Å². The molecule has 0 saturated carbocycles. The van der Waals surface area contributed by atoms with E-state index >= 15 is 0 Å². The van der Waals surface area contributed by atoms with Gasteiger partial charge >= 0.3 is 0 Å². The van der Waals surface area contributed by atoms with Crippen molar-refractivity contribution in [3.63, 3.8) is 0 Å². The van der Waals surface area contributed by atoms with Crippen LogP contribution in [0.1, 0.15) is 17.5 Å². The van der Waals surface area contributed by atoms with Gasteiger partial charge in [0.25, 0.3) is 0 Å². The van der Waals surface area contributed by atoms with Crippen LogP contribution in [0.4, 0.5) is 0 Å². The lowest BCUT2D eigenvalue weighted by Crippen LogP contribution is -2.09. The summed E-state index contributed by atoms with van der Waals surface area (Å²) in [5, 5.41) is 9.05. The van der Waals surface area contributed by atoms with E-state index in [0.717, 1.165) is 35.2 Å². The maximum Gasteiger partial charge on any atom is 0.123 e.